The van der Waals surface area contributed by atoms with Gasteiger partial charge in [-0.2, -0.15) is 0 Å². The summed E-state index contributed by atoms with van der Waals surface area (Å²) in [6, 6.07) is -0.430. The quantitative estimate of drug-likeness (QED) is 0.584. The van der Waals surface area contributed by atoms with Gasteiger partial charge < -0.3 is 21.1 Å². The van der Waals surface area contributed by atoms with Gasteiger partial charge in [0.05, 0.1) is 5.92 Å². The second-order valence-corrected chi connectivity index (χ2v) is 4.04. The minimum Gasteiger partial charge on any atom is -0.481 e. The average Bonchev–Trinajstić information content (AvgIpc) is 2.60. The van der Waals surface area contributed by atoms with Gasteiger partial charge in [0.25, 0.3) is 0 Å². The van der Waals surface area contributed by atoms with Gasteiger partial charge in [-0.15, -0.1) is 0 Å². The molecule has 2 unspecified atom stereocenters. The molecule has 1 aliphatic heterocycles. The minimum atomic E-state index is -0.829. The Morgan fingerprint density at radius 1 is 1.56 bits per heavy atom. The Bertz CT molecular complexity index is 270. The number of aliphatic carboxylic acids is 1. The van der Waals surface area contributed by atoms with Crippen LogP contribution in [0, 0.1) is 5.92 Å². The van der Waals surface area contributed by atoms with E-state index in [1.807, 2.05) is 0 Å². The van der Waals surface area contributed by atoms with E-state index >= 15 is 0 Å². The third kappa shape index (κ3) is 2.85. The lowest BCUT2D eigenvalue weighted by Gasteiger charge is -2.23. The first-order chi connectivity index (χ1) is 7.57. The Hall–Kier alpha value is -1.30. The smallest absolute Gasteiger partial charge is 0.317 e. The SMILES string of the molecule is CC1C(C(=O)O)CCN1C(=O)NCCCN. The summed E-state index contributed by atoms with van der Waals surface area (Å²) in [5.41, 5.74) is 5.31. The summed E-state index contributed by atoms with van der Waals surface area (Å²) < 4.78 is 0. The monoisotopic (exact) mass is 229 g/mol. The first kappa shape index (κ1) is 12.8. The Morgan fingerprint density at radius 2 is 2.25 bits per heavy atom. The molecule has 0 aromatic carbocycles. The van der Waals surface area contributed by atoms with Crippen LogP contribution < -0.4 is 11.1 Å². The first-order valence-electron chi connectivity index (χ1n) is 5.55. The molecule has 92 valence electrons. The van der Waals surface area contributed by atoms with Crippen LogP contribution in [0.25, 0.3) is 0 Å². The number of hydrogen-bond donors (Lipinski definition) is 3. The molecule has 0 aromatic rings. The number of nitrogens with zero attached hydrogens (tertiary/aromatic N) is 1. The van der Waals surface area contributed by atoms with E-state index < -0.39 is 11.9 Å². The number of hydrogen-bond acceptors (Lipinski definition) is 3. The molecule has 0 spiro atoms. The number of urea groups is 1. The number of carboxylic acids is 1. The van der Waals surface area contributed by atoms with Crippen LogP contribution >= 0.6 is 0 Å². The van der Waals surface area contributed by atoms with Crippen LogP contribution in [0.5, 0.6) is 0 Å². The van der Waals surface area contributed by atoms with E-state index in [0.29, 0.717) is 26.1 Å². The number of nitrogens with two attached hydrogens (primary N) is 1. The van der Waals surface area contributed by atoms with Crippen LogP contribution in [0.4, 0.5) is 4.79 Å². The van der Waals surface area contributed by atoms with Crippen LogP contribution in [0.15, 0.2) is 0 Å². The molecule has 0 aliphatic carbocycles. The largest absolute Gasteiger partial charge is 0.481 e. The molecule has 0 aromatic heterocycles. The maximum Gasteiger partial charge on any atom is 0.317 e. The van der Waals surface area contributed by atoms with Gasteiger partial charge in [-0.1, -0.05) is 0 Å². The van der Waals surface area contributed by atoms with Crippen LogP contribution in [0.1, 0.15) is 19.8 Å². The van der Waals surface area contributed by atoms with Gasteiger partial charge >= 0.3 is 12.0 Å². The van der Waals surface area contributed by atoms with Crippen LogP contribution in [0.3, 0.4) is 0 Å². The van der Waals surface area contributed by atoms with E-state index in [4.69, 9.17) is 10.8 Å². The second-order valence-electron chi connectivity index (χ2n) is 4.04. The molecule has 0 radical (unpaired) electrons. The molecule has 1 aliphatic rings. The van der Waals surface area contributed by atoms with Crippen LogP contribution in [0.2, 0.25) is 0 Å². The van der Waals surface area contributed by atoms with E-state index in [2.05, 4.69) is 5.32 Å². The minimum absolute atomic E-state index is 0.190. The Kier molecular flexibility index (Phi) is 4.54. The number of carbonyl (C=O) groups excluding carboxylic acids is 1. The summed E-state index contributed by atoms with van der Waals surface area (Å²) in [5.74, 6) is -1.27. The standard InChI is InChI=1S/C10H19N3O3/c1-7-8(9(14)15)3-6-13(7)10(16)12-5-2-4-11/h7-8H,2-6,11H2,1H3,(H,12,16)(H,14,15). The number of carboxylic acid groups (broad SMARTS) is 1. The molecule has 0 saturated carbocycles. The van der Waals surface area contributed by atoms with E-state index in [9.17, 15) is 9.59 Å². The number of likely N-dealkylation sites (tertiary alicyclic amines) is 1. The number of amides is 2. The number of carbonyl (C=O) groups is 2. The van der Waals surface area contributed by atoms with Crippen LogP contribution in [-0.4, -0.2) is 47.7 Å². The van der Waals surface area contributed by atoms with Crippen molar-refractivity contribution >= 4 is 12.0 Å². The van der Waals surface area contributed by atoms with Gasteiger partial charge in [-0.3, -0.25) is 4.79 Å². The van der Waals surface area contributed by atoms with Crippen molar-refractivity contribution in [2.45, 2.75) is 25.8 Å². The van der Waals surface area contributed by atoms with Gasteiger partial charge in [-0.05, 0) is 26.3 Å². The summed E-state index contributed by atoms with van der Waals surface area (Å²) in [4.78, 5) is 24.1. The third-order valence-electron chi connectivity index (χ3n) is 2.99. The molecule has 16 heavy (non-hydrogen) atoms. The van der Waals surface area contributed by atoms with Crippen molar-refractivity contribution in [1.29, 1.82) is 0 Å². The Morgan fingerprint density at radius 3 is 2.75 bits per heavy atom. The highest BCUT2D eigenvalue weighted by molar-refractivity contribution is 5.78. The average molecular weight is 229 g/mol. The molecule has 6 nitrogen and oxygen atoms in total. The summed E-state index contributed by atoms with van der Waals surface area (Å²) in [7, 11) is 0. The van der Waals surface area contributed by atoms with Gasteiger partial charge in [0, 0.05) is 19.1 Å². The van der Waals surface area contributed by atoms with Crippen molar-refractivity contribution in [1.82, 2.24) is 10.2 Å². The molecule has 1 fully saturated rings. The number of rotatable bonds is 4. The summed E-state index contributed by atoms with van der Waals surface area (Å²) in [5, 5.41) is 11.7. The zero-order valence-electron chi connectivity index (χ0n) is 9.48. The molecule has 1 heterocycles. The van der Waals surface area contributed by atoms with Gasteiger partial charge in [0.1, 0.15) is 0 Å². The second kappa shape index (κ2) is 5.69. The molecule has 2 atom stereocenters. The lowest BCUT2D eigenvalue weighted by atomic mass is 10.0. The van der Waals surface area contributed by atoms with Gasteiger partial charge in [0.2, 0.25) is 0 Å². The molecule has 4 N–H and O–H groups in total. The fourth-order valence-corrected chi connectivity index (χ4v) is 1.96. The highest BCUT2D eigenvalue weighted by Gasteiger charge is 2.37. The topological polar surface area (TPSA) is 95.7 Å². The van der Waals surface area contributed by atoms with Crippen molar-refractivity contribution in [3.63, 3.8) is 0 Å². The highest BCUT2D eigenvalue weighted by Crippen LogP contribution is 2.23. The van der Waals surface area contributed by atoms with Crippen molar-refractivity contribution in [3.8, 4) is 0 Å². The first-order valence-corrected chi connectivity index (χ1v) is 5.55. The lowest BCUT2D eigenvalue weighted by molar-refractivity contribution is -0.142. The third-order valence-corrected chi connectivity index (χ3v) is 2.99. The molecule has 1 rings (SSSR count). The molecule has 2 amide bonds. The molecule has 6 heteroatoms. The van der Waals surface area contributed by atoms with Crippen LogP contribution in [-0.2, 0) is 4.79 Å². The van der Waals surface area contributed by atoms with E-state index in [-0.39, 0.29) is 12.1 Å². The predicted molar refractivity (Wildman–Crippen MR) is 59.0 cm³/mol. The van der Waals surface area contributed by atoms with Crippen molar-refractivity contribution in [2.24, 2.45) is 11.7 Å². The van der Waals surface area contributed by atoms with E-state index in [1.54, 1.807) is 11.8 Å². The number of nitrogens with one attached hydrogen (secondary N) is 1. The maximum atomic E-state index is 11.7. The predicted octanol–water partition coefficient (Wildman–Crippen LogP) is -0.160. The lowest BCUT2D eigenvalue weighted by Crippen LogP contribution is -2.44. The fraction of sp³-hybridized carbons (Fsp3) is 0.800. The zero-order valence-corrected chi connectivity index (χ0v) is 9.48. The normalized spacial score (nSPS) is 24.5. The van der Waals surface area contributed by atoms with E-state index in [0.717, 1.165) is 6.42 Å². The summed E-state index contributed by atoms with van der Waals surface area (Å²) in [6.07, 6.45) is 1.26. The molecule has 1 saturated heterocycles. The van der Waals surface area contributed by atoms with Gasteiger partial charge in [0.15, 0.2) is 0 Å². The molecular weight excluding hydrogens is 210 g/mol. The van der Waals surface area contributed by atoms with Crippen molar-refractivity contribution in [3.05, 3.63) is 0 Å². The van der Waals surface area contributed by atoms with Gasteiger partial charge in [-0.25, -0.2) is 4.79 Å². The zero-order chi connectivity index (χ0) is 12.1. The van der Waals surface area contributed by atoms with Crippen molar-refractivity contribution in [2.75, 3.05) is 19.6 Å². The Balaban J connectivity index is 2.43. The summed E-state index contributed by atoms with van der Waals surface area (Å²) >= 11 is 0. The fourth-order valence-electron chi connectivity index (χ4n) is 1.96. The van der Waals surface area contributed by atoms with Crippen molar-refractivity contribution < 1.29 is 14.7 Å². The van der Waals surface area contributed by atoms with E-state index in [1.165, 1.54) is 0 Å². The maximum absolute atomic E-state index is 11.7. The highest BCUT2D eigenvalue weighted by atomic mass is 16.4. The summed E-state index contributed by atoms with van der Waals surface area (Å²) in [6.45, 7) is 3.35. The molecular formula is C10H19N3O3. The Labute approximate surface area is 94.8 Å². The molecule has 0 bridgehead atoms.